The summed E-state index contributed by atoms with van der Waals surface area (Å²) in [5.74, 6) is -2.90. The molecular weight excluding hydrogens is 328 g/mol. The maximum absolute atomic E-state index is 10.9. The Morgan fingerprint density at radius 1 is 1.24 bits per heavy atom. The largest absolute Gasteiger partial charge is 0.481 e. The smallest absolute Gasteiger partial charge is 0.328 e. The average molecular weight is 358 g/mol. The molecule has 1 saturated heterocycles. The molecule has 7 heteroatoms. The second kappa shape index (κ2) is 9.31. The molecule has 25 heavy (non-hydrogen) atoms. The van der Waals surface area contributed by atoms with Gasteiger partial charge in [0.05, 0.1) is 18.3 Å². The van der Waals surface area contributed by atoms with Crippen LogP contribution in [0.1, 0.15) is 52.9 Å². The van der Waals surface area contributed by atoms with Gasteiger partial charge >= 0.3 is 11.9 Å². The number of aliphatic hydroxyl groups is 2. The van der Waals surface area contributed by atoms with Crippen LogP contribution in [-0.2, 0) is 14.3 Å². The number of aliphatic carboxylic acids is 2. The lowest BCUT2D eigenvalue weighted by molar-refractivity contribution is -0.147. The molecule has 0 amide bonds. The van der Waals surface area contributed by atoms with E-state index in [9.17, 15) is 14.7 Å². The Kier molecular flexibility index (Phi) is 8.05. The summed E-state index contributed by atoms with van der Waals surface area (Å²) in [6, 6.07) is 0. The van der Waals surface area contributed by atoms with Gasteiger partial charge in [-0.3, -0.25) is 4.79 Å². The number of hydrogen-bond acceptors (Lipinski definition) is 5. The summed E-state index contributed by atoms with van der Waals surface area (Å²) in [5, 5.41) is 36.4. The second-order valence-corrected chi connectivity index (χ2v) is 7.33. The number of rotatable bonds is 12. The van der Waals surface area contributed by atoms with Crippen LogP contribution in [0, 0.1) is 11.8 Å². The van der Waals surface area contributed by atoms with Crippen LogP contribution in [0.25, 0.3) is 0 Å². The van der Waals surface area contributed by atoms with E-state index in [4.69, 9.17) is 20.1 Å². The Bertz CT molecular complexity index is 502. The van der Waals surface area contributed by atoms with E-state index in [0.717, 1.165) is 19.3 Å². The van der Waals surface area contributed by atoms with Gasteiger partial charge in [-0.15, -0.1) is 0 Å². The van der Waals surface area contributed by atoms with Crippen molar-refractivity contribution in [2.75, 3.05) is 6.61 Å². The first-order valence-corrected chi connectivity index (χ1v) is 8.71. The van der Waals surface area contributed by atoms with E-state index < -0.39 is 30.6 Å². The van der Waals surface area contributed by atoms with Crippen LogP contribution in [-0.4, -0.2) is 56.8 Å². The van der Waals surface area contributed by atoms with Gasteiger partial charge in [-0.05, 0) is 38.2 Å². The lowest BCUT2D eigenvalue weighted by Gasteiger charge is -2.18. The van der Waals surface area contributed by atoms with Crippen molar-refractivity contribution < 1.29 is 34.8 Å². The van der Waals surface area contributed by atoms with Gasteiger partial charge in [0.25, 0.3) is 0 Å². The fourth-order valence-electron chi connectivity index (χ4n) is 3.44. The van der Waals surface area contributed by atoms with E-state index in [2.05, 4.69) is 6.92 Å². The Labute approximate surface area is 148 Å². The normalized spacial score (nSPS) is 26.8. The van der Waals surface area contributed by atoms with Crippen molar-refractivity contribution in [3.05, 3.63) is 11.6 Å². The quantitative estimate of drug-likeness (QED) is 0.238. The summed E-state index contributed by atoms with van der Waals surface area (Å²) >= 11 is 0. The van der Waals surface area contributed by atoms with Gasteiger partial charge < -0.3 is 25.2 Å². The predicted molar refractivity (Wildman–Crippen MR) is 91.1 cm³/mol. The number of aliphatic hydroxyl groups excluding tert-OH is 2. The number of carboxylic acid groups (broad SMARTS) is 2. The summed E-state index contributed by atoms with van der Waals surface area (Å²) < 4.78 is 5.69. The van der Waals surface area contributed by atoms with E-state index >= 15 is 0 Å². The molecule has 1 aliphatic rings. The highest BCUT2D eigenvalue weighted by molar-refractivity contribution is 5.81. The van der Waals surface area contributed by atoms with Crippen molar-refractivity contribution in [2.45, 2.75) is 70.7 Å². The van der Waals surface area contributed by atoms with Gasteiger partial charge in [0.1, 0.15) is 12.0 Å². The Balaban J connectivity index is 2.29. The maximum atomic E-state index is 10.9. The third kappa shape index (κ3) is 6.76. The van der Waals surface area contributed by atoms with Crippen LogP contribution in [0.2, 0.25) is 0 Å². The van der Waals surface area contributed by atoms with Crippen LogP contribution >= 0.6 is 0 Å². The number of carboxylic acids is 2. The molecular formula is C18H30O7. The van der Waals surface area contributed by atoms with Gasteiger partial charge in [0.15, 0.2) is 0 Å². The van der Waals surface area contributed by atoms with Crippen LogP contribution in [0.3, 0.4) is 0 Å². The van der Waals surface area contributed by atoms with Gasteiger partial charge in [-0.2, -0.15) is 0 Å². The molecule has 0 radical (unpaired) electrons. The first kappa shape index (κ1) is 21.6. The highest BCUT2D eigenvalue weighted by Gasteiger charge is 2.53. The van der Waals surface area contributed by atoms with E-state index in [1.807, 2.05) is 6.92 Å². The lowest BCUT2D eigenvalue weighted by atomic mass is 9.88. The molecule has 0 aromatic carbocycles. The van der Waals surface area contributed by atoms with E-state index in [1.54, 1.807) is 6.92 Å². The van der Waals surface area contributed by atoms with Crippen LogP contribution in [0.4, 0.5) is 0 Å². The van der Waals surface area contributed by atoms with E-state index in [1.165, 1.54) is 6.08 Å². The molecule has 0 aliphatic carbocycles. The molecule has 0 bridgehead atoms. The number of ether oxygens (including phenoxy) is 1. The summed E-state index contributed by atoms with van der Waals surface area (Å²) in [4.78, 5) is 21.6. The van der Waals surface area contributed by atoms with Crippen LogP contribution < -0.4 is 0 Å². The van der Waals surface area contributed by atoms with Gasteiger partial charge in [0.2, 0.25) is 0 Å². The van der Waals surface area contributed by atoms with Crippen molar-refractivity contribution in [3.63, 3.8) is 0 Å². The first-order valence-electron chi connectivity index (χ1n) is 8.71. The molecule has 0 saturated carbocycles. The summed E-state index contributed by atoms with van der Waals surface area (Å²) in [7, 11) is 0. The predicted octanol–water partition coefficient (Wildman–Crippen LogP) is 1.82. The highest BCUT2D eigenvalue weighted by atomic mass is 16.6. The zero-order valence-corrected chi connectivity index (χ0v) is 15.1. The minimum absolute atomic E-state index is 0.145. The van der Waals surface area contributed by atoms with Crippen LogP contribution in [0.5, 0.6) is 0 Å². The Morgan fingerprint density at radius 3 is 2.36 bits per heavy atom. The molecule has 1 heterocycles. The number of epoxide rings is 1. The first-order chi connectivity index (χ1) is 11.6. The SMILES string of the molecule is C/C(=C\C(=O)O)[C@@H]1O[C@]1(C)C[C@H](C)CCCC[C@H](O)[C@@H](CO)C(=O)O. The zero-order chi connectivity index (χ0) is 19.2. The second-order valence-electron chi connectivity index (χ2n) is 7.33. The van der Waals surface area contributed by atoms with Crippen molar-refractivity contribution in [1.82, 2.24) is 0 Å². The van der Waals surface area contributed by atoms with Crippen molar-refractivity contribution in [1.29, 1.82) is 0 Å². The molecule has 1 aliphatic heterocycles. The molecule has 1 rings (SSSR count). The summed E-state index contributed by atoms with van der Waals surface area (Å²) in [6.07, 6.45) is 3.62. The fourth-order valence-corrected chi connectivity index (χ4v) is 3.44. The maximum Gasteiger partial charge on any atom is 0.328 e. The number of unbranched alkanes of at least 4 members (excludes halogenated alkanes) is 1. The number of hydrogen-bond donors (Lipinski definition) is 4. The molecule has 5 atom stereocenters. The minimum atomic E-state index is -1.18. The average Bonchev–Trinajstić information content (AvgIpc) is 3.14. The molecule has 0 spiro atoms. The van der Waals surface area contributed by atoms with Gasteiger partial charge in [0, 0.05) is 6.08 Å². The third-order valence-corrected chi connectivity index (χ3v) is 4.83. The van der Waals surface area contributed by atoms with E-state index in [0.29, 0.717) is 24.3 Å². The minimum Gasteiger partial charge on any atom is -0.481 e. The molecule has 1 fully saturated rings. The van der Waals surface area contributed by atoms with Gasteiger partial charge in [-0.1, -0.05) is 26.2 Å². The highest BCUT2D eigenvalue weighted by Crippen LogP contribution is 2.46. The Morgan fingerprint density at radius 2 is 1.84 bits per heavy atom. The van der Waals surface area contributed by atoms with E-state index in [-0.39, 0.29) is 11.7 Å². The van der Waals surface area contributed by atoms with Crippen molar-refractivity contribution in [2.24, 2.45) is 11.8 Å². The van der Waals surface area contributed by atoms with Crippen molar-refractivity contribution in [3.8, 4) is 0 Å². The molecule has 0 aromatic heterocycles. The van der Waals surface area contributed by atoms with Crippen LogP contribution in [0.15, 0.2) is 11.6 Å². The zero-order valence-electron chi connectivity index (χ0n) is 15.1. The molecule has 4 N–H and O–H groups in total. The third-order valence-electron chi connectivity index (χ3n) is 4.83. The fraction of sp³-hybridized carbons (Fsp3) is 0.778. The Hall–Kier alpha value is -1.44. The molecule has 0 unspecified atom stereocenters. The topological polar surface area (TPSA) is 128 Å². The number of carbonyl (C=O) groups is 2. The van der Waals surface area contributed by atoms with Crippen molar-refractivity contribution >= 4 is 11.9 Å². The standard InChI is InChI=1S/C18H30O7/c1-11(6-4-5-7-14(20)13(10-19)17(23)24)9-18(3)16(25-18)12(2)8-15(21)22/h8,11,13-14,16,19-20H,4-7,9-10H2,1-3H3,(H,21,22)(H,23,24)/b12-8+/t11-,13-,14+,16+,18-/m1/s1. The van der Waals surface area contributed by atoms with Gasteiger partial charge in [-0.25, -0.2) is 4.79 Å². The summed E-state index contributed by atoms with van der Waals surface area (Å²) in [6.45, 7) is 5.28. The molecule has 7 nitrogen and oxygen atoms in total. The lowest BCUT2D eigenvalue weighted by Crippen LogP contribution is -2.31. The molecule has 0 aromatic rings. The molecule has 144 valence electrons. The monoisotopic (exact) mass is 358 g/mol. The summed E-state index contributed by atoms with van der Waals surface area (Å²) in [5.41, 5.74) is 0.398.